The maximum Gasteiger partial charge on any atom is 0.349 e. The molecule has 0 atom stereocenters. The van der Waals surface area contributed by atoms with Gasteiger partial charge in [-0.05, 0) is 19.1 Å². The number of hydrogen-bond donors (Lipinski definition) is 3. The predicted molar refractivity (Wildman–Crippen MR) is 114 cm³/mol. The van der Waals surface area contributed by atoms with Crippen LogP contribution in [0.1, 0.15) is 6.92 Å². The van der Waals surface area contributed by atoms with Gasteiger partial charge >= 0.3 is 5.97 Å². The highest BCUT2D eigenvalue weighted by Gasteiger charge is 2.13. The van der Waals surface area contributed by atoms with Gasteiger partial charge in [-0.25, -0.2) is 9.78 Å². The maximum absolute atomic E-state index is 12.5. The minimum absolute atomic E-state index is 0.0676. The summed E-state index contributed by atoms with van der Waals surface area (Å²) in [6.07, 6.45) is 1.38. The lowest BCUT2D eigenvalue weighted by Crippen LogP contribution is -2.32. The summed E-state index contributed by atoms with van der Waals surface area (Å²) in [6, 6.07) is 6.48. The van der Waals surface area contributed by atoms with Crippen molar-refractivity contribution >= 4 is 46.6 Å². The van der Waals surface area contributed by atoms with Gasteiger partial charge in [0, 0.05) is 19.9 Å². The van der Waals surface area contributed by atoms with Crippen molar-refractivity contribution in [3.8, 4) is 6.07 Å². The number of ether oxygens (including phenoxy) is 2. The van der Waals surface area contributed by atoms with Crippen LogP contribution in [0, 0.1) is 11.3 Å². The van der Waals surface area contributed by atoms with Crippen LogP contribution in [0.4, 0.5) is 11.6 Å². The molecule has 2 heterocycles. The molecule has 11 nitrogen and oxygen atoms in total. The van der Waals surface area contributed by atoms with E-state index in [-0.39, 0.29) is 34.1 Å². The number of aliphatic carboxylic acids is 1. The number of methoxy groups -OCH3 is 1. The minimum Gasteiger partial charge on any atom is -0.477 e. The van der Waals surface area contributed by atoms with Crippen molar-refractivity contribution in [1.29, 1.82) is 5.26 Å². The molecule has 0 bridgehead atoms. The number of carboxylic acid groups (broad SMARTS) is 1. The van der Waals surface area contributed by atoms with Crippen molar-refractivity contribution in [3.05, 3.63) is 37.7 Å². The monoisotopic (exact) mass is 447 g/mol. The average Bonchev–Trinajstić information content (AvgIpc) is 3.05. The molecular weight excluding hydrogens is 426 g/mol. The number of amides is 1. The number of anilines is 2. The number of carbonyl (C=O) groups is 2. The van der Waals surface area contributed by atoms with Gasteiger partial charge in [-0.2, -0.15) is 5.26 Å². The fraction of sp³-hybridized carbons (Fsp3) is 0.316. The van der Waals surface area contributed by atoms with Gasteiger partial charge in [0.25, 0.3) is 11.5 Å². The van der Waals surface area contributed by atoms with E-state index in [0.29, 0.717) is 19.0 Å². The molecule has 2 rings (SSSR count). The van der Waals surface area contributed by atoms with E-state index in [1.165, 1.54) is 17.9 Å². The Labute approximate surface area is 180 Å². The summed E-state index contributed by atoms with van der Waals surface area (Å²) in [4.78, 5) is 39.9. The molecule has 0 aliphatic rings. The third kappa shape index (κ3) is 6.48. The van der Waals surface area contributed by atoms with E-state index in [9.17, 15) is 19.5 Å². The molecule has 0 aliphatic carbocycles. The van der Waals surface area contributed by atoms with Crippen molar-refractivity contribution in [2.75, 3.05) is 37.6 Å². The van der Waals surface area contributed by atoms with E-state index in [0.717, 1.165) is 11.3 Å². The average molecular weight is 447 g/mol. The van der Waals surface area contributed by atoms with Crippen LogP contribution in [-0.2, 0) is 25.6 Å². The van der Waals surface area contributed by atoms with Crippen LogP contribution in [0.5, 0.6) is 0 Å². The standard InChI is InChI=1S/C19H21N5O6S/c1-3-24-17(26)13(31-18(24)12(9-20)19(27)28)10-21-14-5-4-6-15(22-14)23-16(25)11-30-8-7-29-2/h4-6,10H,3,7-8,11H2,1-2H3,(H,27,28)(H2,21,22,23,25)/b13-10+,18-12-. The quantitative estimate of drug-likeness (QED) is 0.410. The van der Waals surface area contributed by atoms with Crippen molar-refractivity contribution in [3.63, 3.8) is 0 Å². The lowest BCUT2D eigenvalue weighted by molar-refractivity contribution is -0.130. The Bertz CT molecular complexity index is 1160. The van der Waals surface area contributed by atoms with Gasteiger partial charge in [-0.3, -0.25) is 14.2 Å². The van der Waals surface area contributed by atoms with Crippen molar-refractivity contribution in [2.45, 2.75) is 13.5 Å². The molecule has 1 amide bonds. The normalized spacial score (nSPS) is 12.2. The van der Waals surface area contributed by atoms with Crippen LogP contribution in [0.15, 0.2) is 23.0 Å². The Kier molecular flexibility index (Phi) is 8.89. The van der Waals surface area contributed by atoms with Crippen molar-refractivity contribution in [1.82, 2.24) is 9.55 Å². The Morgan fingerprint density at radius 1 is 1.35 bits per heavy atom. The second-order valence-corrected chi connectivity index (χ2v) is 6.93. The van der Waals surface area contributed by atoms with Gasteiger partial charge in [0.15, 0.2) is 5.57 Å². The first kappa shape index (κ1) is 23.7. The summed E-state index contributed by atoms with van der Waals surface area (Å²) < 4.78 is 11.5. The summed E-state index contributed by atoms with van der Waals surface area (Å²) in [7, 11) is 1.53. The van der Waals surface area contributed by atoms with Crippen LogP contribution in [0.25, 0.3) is 11.8 Å². The van der Waals surface area contributed by atoms with E-state index < -0.39 is 17.1 Å². The first-order chi connectivity index (χ1) is 14.9. The fourth-order valence-electron chi connectivity index (χ4n) is 2.39. The molecule has 2 aromatic rings. The number of nitriles is 1. The maximum atomic E-state index is 12.5. The molecule has 12 heteroatoms. The Morgan fingerprint density at radius 2 is 2.10 bits per heavy atom. The van der Waals surface area contributed by atoms with Crippen molar-refractivity contribution < 1.29 is 24.2 Å². The molecule has 31 heavy (non-hydrogen) atoms. The van der Waals surface area contributed by atoms with E-state index in [2.05, 4.69) is 15.6 Å². The van der Waals surface area contributed by atoms with Crippen LogP contribution in [0.2, 0.25) is 0 Å². The van der Waals surface area contributed by atoms with Gasteiger partial charge < -0.3 is 25.2 Å². The molecular formula is C19H21N5O6S. The number of pyridine rings is 1. The topological polar surface area (TPSA) is 156 Å². The van der Waals surface area contributed by atoms with Gasteiger partial charge in [0.05, 0.1) is 13.2 Å². The van der Waals surface area contributed by atoms with E-state index in [4.69, 9.17) is 14.7 Å². The molecule has 0 fully saturated rings. The summed E-state index contributed by atoms with van der Waals surface area (Å²) >= 11 is 0.887. The van der Waals surface area contributed by atoms with E-state index >= 15 is 0 Å². The first-order valence-corrected chi connectivity index (χ1v) is 9.90. The smallest absolute Gasteiger partial charge is 0.349 e. The largest absolute Gasteiger partial charge is 0.477 e. The molecule has 0 radical (unpaired) electrons. The SMILES string of the molecule is CCn1c(=O)/c(=C\Nc2cccc(NC(=O)COCCOC)n2)s/c1=C(/C#N)C(=O)O. The Balaban J connectivity index is 2.22. The molecule has 2 aromatic heterocycles. The number of aromatic nitrogens is 2. The number of nitrogens with zero attached hydrogens (tertiary/aromatic N) is 3. The van der Waals surface area contributed by atoms with Crippen LogP contribution in [0.3, 0.4) is 0 Å². The molecule has 164 valence electrons. The second kappa shape index (κ2) is 11.6. The van der Waals surface area contributed by atoms with Gasteiger partial charge in [-0.1, -0.05) is 6.07 Å². The molecule has 0 unspecified atom stereocenters. The molecule has 0 aliphatic heterocycles. The Hall–Kier alpha value is -3.53. The van der Waals surface area contributed by atoms with Gasteiger partial charge in [0.1, 0.15) is 33.5 Å². The summed E-state index contributed by atoms with van der Waals surface area (Å²) in [5, 5.41) is 23.7. The molecule has 0 saturated heterocycles. The third-order valence-electron chi connectivity index (χ3n) is 3.80. The van der Waals surface area contributed by atoms with Crippen LogP contribution in [-0.4, -0.2) is 53.5 Å². The number of nitrogens with one attached hydrogen (secondary N) is 2. The zero-order valence-corrected chi connectivity index (χ0v) is 17.7. The van der Waals surface area contributed by atoms with Crippen LogP contribution >= 0.6 is 11.3 Å². The lowest BCUT2D eigenvalue weighted by atomic mass is 10.3. The number of hydrogen-bond acceptors (Lipinski definition) is 9. The zero-order chi connectivity index (χ0) is 22.8. The lowest BCUT2D eigenvalue weighted by Gasteiger charge is -2.07. The minimum atomic E-state index is -1.40. The summed E-state index contributed by atoms with van der Waals surface area (Å²) in [5.74, 6) is -1.16. The van der Waals surface area contributed by atoms with E-state index in [1.54, 1.807) is 31.2 Å². The number of rotatable bonds is 10. The summed E-state index contributed by atoms with van der Waals surface area (Å²) in [6.45, 7) is 2.41. The third-order valence-corrected chi connectivity index (χ3v) is 4.93. The summed E-state index contributed by atoms with van der Waals surface area (Å²) in [5.41, 5.74) is -0.930. The van der Waals surface area contributed by atoms with Crippen LogP contribution < -0.4 is 25.4 Å². The number of carbonyl (C=O) groups excluding carboxylic acids is 1. The first-order valence-electron chi connectivity index (χ1n) is 9.08. The number of carboxylic acids is 1. The highest BCUT2D eigenvalue weighted by Crippen LogP contribution is 2.09. The van der Waals surface area contributed by atoms with Gasteiger partial charge in [0.2, 0.25) is 0 Å². The molecule has 0 aromatic carbocycles. The molecule has 3 N–H and O–H groups in total. The highest BCUT2D eigenvalue weighted by molar-refractivity contribution is 7.07. The highest BCUT2D eigenvalue weighted by atomic mass is 32.1. The fourth-order valence-corrected chi connectivity index (χ4v) is 3.47. The predicted octanol–water partition coefficient (Wildman–Crippen LogP) is -0.465. The number of thiazole rings is 1. The molecule has 0 saturated carbocycles. The van der Waals surface area contributed by atoms with Gasteiger partial charge in [-0.15, -0.1) is 11.3 Å². The molecule has 0 spiro atoms. The second-order valence-electron chi connectivity index (χ2n) is 5.90. The van der Waals surface area contributed by atoms with E-state index in [1.807, 2.05) is 0 Å². The Morgan fingerprint density at radius 3 is 2.74 bits per heavy atom. The van der Waals surface area contributed by atoms with Crippen molar-refractivity contribution in [2.24, 2.45) is 0 Å². The zero-order valence-electron chi connectivity index (χ0n) is 16.9.